The number of carbonyl (C=O) groups is 1. The summed E-state index contributed by atoms with van der Waals surface area (Å²) in [5.74, 6) is 0.184. The lowest BCUT2D eigenvalue weighted by molar-refractivity contribution is -0.120. The van der Waals surface area contributed by atoms with Crippen molar-refractivity contribution in [2.45, 2.75) is 32.2 Å². The third kappa shape index (κ3) is 7.27. The van der Waals surface area contributed by atoms with E-state index in [1.807, 2.05) is 0 Å². The van der Waals surface area contributed by atoms with E-state index in [1.165, 1.54) is 0 Å². The van der Waals surface area contributed by atoms with Gasteiger partial charge in [-0.3, -0.25) is 9.79 Å². The first-order valence-corrected chi connectivity index (χ1v) is 4.37. The Morgan fingerprint density at radius 2 is 2.00 bits per heavy atom. The predicted octanol–water partition coefficient (Wildman–Crippen LogP) is -0.654. The van der Waals surface area contributed by atoms with Crippen LogP contribution in [0.15, 0.2) is 4.99 Å². The number of hydrogen-bond donors (Lipinski definition) is 3. The molecule has 0 saturated carbocycles. The summed E-state index contributed by atoms with van der Waals surface area (Å²) in [5, 5.41) is 0. The van der Waals surface area contributed by atoms with Crippen LogP contribution in [0.25, 0.3) is 0 Å². The molecule has 1 unspecified atom stereocenters. The fraction of sp³-hybridized carbons (Fsp3) is 0.750. The van der Waals surface area contributed by atoms with E-state index in [4.69, 9.17) is 17.2 Å². The van der Waals surface area contributed by atoms with Crippen LogP contribution >= 0.6 is 0 Å². The molecular weight excluding hydrogens is 168 g/mol. The van der Waals surface area contributed by atoms with Crippen LogP contribution in [0.2, 0.25) is 0 Å². The fourth-order valence-electron chi connectivity index (χ4n) is 0.847. The van der Waals surface area contributed by atoms with E-state index < -0.39 is 0 Å². The Kier molecular flexibility index (Phi) is 5.88. The zero-order chi connectivity index (χ0) is 10.3. The zero-order valence-electron chi connectivity index (χ0n) is 7.99. The Balaban J connectivity index is 3.36. The number of ketones is 1. The third-order valence-electron chi connectivity index (χ3n) is 1.63. The zero-order valence-corrected chi connectivity index (χ0v) is 7.99. The average Bonchev–Trinajstić information content (AvgIpc) is 2.02. The maximum absolute atomic E-state index is 11.0. The van der Waals surface area contributed by atoms with Crippen LogP contribution in [0.1, 0.15) is 26.2 Å². The summed E-state index contributed by atoms with van der Waals surface area (Å²) >= 11 is 0. The minimum atomic E-state index is -0.358. The van der Waals surface area contributed by atoms with E-state index in [0.29, 0.717) is 13.0 Å². The Hall–Kier alpha value is -1.10. The molecule has 0 aromatic heterocycles. The van der Waals surface area contributed by atoms with Crippen molar-refractivity contribution < 1.29 is 4.79 Å². The number of hydrogen-bond acceptors (Lipinski definition) is 3. The minimum absolute atomic E-state index is 0.0877. The van der Waals surface area contributed by atoms with Crippen molar-refractivity contribution in [2.24, 2.45) is 22.2 Å². The van der Waals surface area contributed by atoms with Gasteiger partial charge in [0.25, 0.3) is 0 Å². The molecule has 0 rings (SSSR count). The molecule has 6 N–H and O–H groups in total. The highest BCUT2D eigenvalue weighted by atomic mass is 16.1. The van der Waals surface area contributed by atoms with E-state index in [9.17, 15) is 4.79 Å². The molecule has 0 saturated heterocycles. The number of guanidine groups is 1. The van der Waals surface area contributed by atoms with Gasteiger partial charge in [-0.15, -0.1) is 0 Å². The van der Waals surface area contributed by atoms with Gasteiger partial charge in [-0.05, 0) is 19.8 Å². The van der Waals surface area contributed by atoms with Crippen molar-refractivity contribution in [3.05, 3.63) is 0 Å². The summed E-state index contributed by atoms with van der Waals surface area (Å²) in [4.78, 5) is 14.8. The molecule has 0 amide bonds. The molecule has 0 spiro atoms. The Morgan fingerprint density at radius 3 is 2.46 bits per heavy atom. The molecule has 5 nitrogen and oxygen atoms in total. The molecule has 0 aliphatic rings. The van der Waals surface area contributed by atoms with Gasteiger partial charge in [0.05, 0.1) is 6.04 Å². The second kappa shape index (κ2) is 6.42. The molecule has 0 radical (unpaired) electrons. The van der Waals surface area contributed by atoms with Gasteiger partial charge < -0.3 is 17.2 Å². The molecule has 0 aromatic carbocycles. The summed E-state index contributed by atoms with van der Waals surface area (Å²) in [7, 11) is 0. The van der Waals surface area contributed by atoms with Crippen LogP contribution in [0.3, 0.4) is 0 Å². The molecule has 1 atom stereocenters. The Labute approximate surface area is 78.4 Å². The quantitative estimate of drug-likeness (QED) is 0.291. The first-order chi connectivity index (χ1) is 6.04. The van der Waals surface area contributed by atoms with Crippen LogP contribution in [0.4, 0.5) is 0 Å². The minimum Gasteiger partial charge on any atom is -0.370 e. The van der Waals surface area contributed by atoms with E-state index in [0.717, 1.165) is 12.8 Å². The molecule has 0 aromatic rings. The van der Waals surface area contributed by atoms with E-state index in [1.54, 1.807) is 6.92 Å². The van der Waals surface area contributed by atoms with Gasteiger partial charge in [-0.1, -0.05) is 0 Å². The number of nitrogens with zero attached hydrogens (tertiary/aromatic N) is 1. The number of nitrogens with two attached hydrogens (primary N) is 3. The number of rotatable bonds is 6. The molecule has 5 heteroatoms. The molecule has 13 heavy (non-hydrogen) atoms. The van der Waals surface area contributed by atoms with E-state index >= 15 is 0 Å². The lowest BCUT2D eigenvalue weighted by atomic mass is 10.1. The molecule has 0 aliphatic carbocycles. The van der Waals surface area contributed by atoms with Gasteiger partial charge in [0.15, 0.2) is 5.96 Å². The molecule has 0 bridgehead atoms. The standard InChI is InChI=1S/C8H18N4O/c1-6(9)7(13)4-2-3-5-12-8(10)11/h6H,2-5,9H2,1H3,(H4,10,11,12). The molecular formula is C8H18N4O. The molecule has 76 valence electrons. The molecule has 0 aliphatic heterocycles. The monoisotopic (exact) mass is 186 g/mol. The first-order valence-electron chi connectivity index (χ1n) is 4.37. The maximum atomic E-state index is 11.0. The molecule has 0 heterocycles. The first kappa shape index (κ1) is 11.9. The summed E-state index contributed by atoms with van der Waals surface area (Å²) in [6, 6.07) is -0.358. The fourth-order valence-corrected chi connectivity index (χ4v) is 0.847. The Bertz CT molecular complexity index is 185. The largest absolute Gasteiger partial charge is 0.370 e. The van der Waals surface area contributed by atoms with E-state index in [2.05, 4.69) is 4.99 Å². The summed E-state index contributed by atoms with van der Waals surface area (Å²) in [5.41, 5.74) is 15.6. The molecule has 0 fully saturated rings. The summed E-state index contributed by atoms with van der Waals surface area (Å²) in [6.45, 7) is 2.27. The number of aliphatic imine (C=N–C) groups is 1. The SMILES string of the molecule is CC(N)C(=O)CCCCN=C(N)N. The predicted molar refractivity (Wildman–Crippen MR) is 53.2 cm³/mol. The van der Waals surface area contributed by atoms with Crippen LogP contribution in [0, 0.1) is 0 Å². The normalized spacial score (nSPS) is 12.2. The lowest BCUT2D eigenvalue weighted by Gasteiger charge is -2.02. The van der Waals surface area contributed by atoms with Crippen LogP contribution < -0.4 is 17.2 Å². The second-order valence-corrected chi connectivity index (χ2v) is 3.02. The summed E-state index contributed by atoms with van der Waals surface area (Å²) < 4.78 is 0. The van der Waals surface area contributed by atoms with Gasteiger partial charge in [0, 0.05) is 13.0 Å². The van der Waals surface area contributed by atoms with Crippen molar-refractivity contribution in [2.75, 3.05) is 6.54 Å². The van der Waals surface area contributed by atoms with E-state index in [-0.39, 0.29) is 17.8 Å². The summed E-state index contributed by atoms with van der Waals surface area (Å²) in [6.07, 6.45) is 2.12. The number of Topliss-reactive ketones (excluding diaryl/α,β-unsaturated/α-hetero) is 1. The van der Waals surface area contributed by atoms with Crippen molar-refractivity contribution in [3.63, 3.8) is 0 Å². The average molecular weight is 186 g/mol. The number of carbonyl (C=O) groups excluding carboxylic acids is 1. The lowest BCUT2D eigenvalue weighted by Crippen LogP contribution is -2.26. The van der Waals surface area contributed by atoms with Gasteiger partial charge in [-0.2, -0.15) is 0 Å². The highest BCUT2D eigenvalue weighted by Gasteiger charge is 2.05. The van der Waals surface area contributed by atoms with Gasteiger partial charge in [-0.25, -0.2) is 0 Å². The van der Waals surface area contributed by atoms with Crippen LogP contribution in [0.5, 0.6) is 0 Å². The maximum Gasteiger partial charge on any atom is 0.185 e. The second-order valence-electron chi connectivity index (χ2n) is 3.02. The van der Waals surface area contributed by atoms with Gasteiger partial charge in [0.1, 0.15) is 5.78 Å². The van der Waals surface area contributed by atoms with Crippen LogP contribution in [-0.2, 0) is 4.79 Å². The topological polar surface area (TPSA) is 107 Å². The number of unbranched alkanes of at least 4 members (excludes halogenated alkanes) is 1. The van der Waals surface area contributed by atoms with Crippen molar-refractivity contribution in [3.8, 4) is 0 Å². The van der Waals surface area contributed by atoms with Crippen molar-refractivity contribution in [1.29, 1.82) is 0 Å². The van der Waals surface area contributed by atoms with Crippen LogP contribution in [-0.4, -0.2) is 24.3 Å². The van der Waals surface area contributed by atoms with Gasteiger partial charge >= 0.3 is 0 Å². The highest BCUT2D eigenvalue weighted by molar-refractivity contribution is 5.83. The Morgan fingerprint density at radius 1 is 1.38 bits per heavy atom. The van der Waals surface area contributed by atoms with Crippen molar-refractivity contribution in [1.82, 2.24) is 0 Å². The highest BCUT2D eigenvalue weighted by Crippen LogP contribution is 1.98. The van der Waals surface area contributed by atoms with Gasteiger partial charge in [0.2, 0.25) is 0 Å². The van der Waals surface area contributed by atoms with Crippen molar-refractivity contribution >= 4 is 11.7 Å². The smallest absolute Gasteiger partial charge is 0.185 e. The third-order valence-corrected chi connectivity index (χ3v) is 1.63.